The summed E-state index contributed by atoms with van der Waals surface area (Å²) in [7, 11) is -0.775. The number of esters is 1. The highest BCUT2D eigenvalue weighted by molar-refractivity contribution is 14.1. The Kier molecular flexibility index (Phi) is 6.41. The van der Waals surface area contributed by atoms with E-state index in [1.165, 1.54) is 26.2 Å². The molecule has 0 aliphatic rings. The molecule has 0 saturated carbocycles. The summed E-state index contributed by atoms with van der Waals surface area (Å²) in [6.45, 7) is 4.03. The predicted octanol–water partition coefficient (Wildman–Crippen LogP) is 2.12. The van der Waals surface area contributed by atoms with E-state index in [0.717, 1.165) is 4.31 Å². The van der Waals surface area contributed by atoms with Crippen LogP contribution in [-0.2, 0) is 14.8 Å². The minimum Gasteiger partial charge on any atom is -0.493 e. The fourth-order valence-electron chi connectivity index (χ4n) is 1.57. The van der Waals surface area contributed by atoms with Crippen LogP contribution >= 0.6 is 22.6 Å². The monoisotopic (exact) mass is 427 g/mol. The lowest BCUT2D eigenvalue weighted by Gasteiger charge is -2.16. The molecule has 0 fully saturated rings. The molecule has 0 saturated heterocycles. The Labute approximate surface area is 138 Å². The van der Waals surface area contributed by atoms with Gasteiger partial charge in [0.15, 0.2) is 0 Å². The van der Waals surface area contributed by atoms with E-state index in [9.17, 15) is 13.2 Å². The van der Waals surface area contributed by atoms with E-state index in [1.54, 1.807) is 13.8 Å². The van der Waals surface area contributed by atoms with Gasteiger partial charge in [-0.1, -0.05) is 0 Å². The summed E-state index contributed by atoms with van der Waals surface area (Å²) in [5, 5.41) is 0. The van der Waals surface area contributed by atoms with E-state index in [1.807, 2.05) is 22.6 Å². The van der Waals surface area contributed by atoms with Crippen LogP contribution in [0.3, 0.4) is 0 Å². The topological polar surface area (TPSA) is 72.9 Å². The van der Waals surface area contributed by atoms with Crippen molar-refractivity contribution in [2.24, 2.45) is 0 Å². The third-order valence-electron chi connectivity index (χ3n) is 2.59. The molecule has 0 amide bonds. The number of hydrogen-bond donors (Lipinski definition) is 0. The molecule has 21 heavy (non-hydrogen) atoms. The highest BCUT2D eigenvalue weighted by Crippen LogP contribution is 2.30. The number of sulfonamides is 1. The minimum absolute atomic E-state index is 0.0552. The number of hydrogen-bond acceptors (Lipinski definition) is 5. The van der Waals surface area contributed by atoms with Crippen LogP contribution in [-0.4, -0.2) is 46.0 Å². The standard InChI is InChI=1S/C13H18INO5S/c1-5-19-11-8-10(14)12(21(17,18)15(3)4)7-9(11)13(16)20-6-2/h7-8H,5-6H2,1-4H3. The quantitative estimate of drug-likeness (QED) is 0.514. The first-order valence-corrected chi connectivity index (χ1v) is 8.83. The number of ether oxygens (including phenoxy) is 2. The van der Waals surface area contributed by atoms with Gasteiger partial charge < -0.3 is 9.47 Å². The van der Waals surface area contributed by atoms with Crippen LogP contribution in [0.15, 0.2) is 17.0 Å². The normalized spacial score (nSPS) is 11.5. The molecule has 0 unspecified atom stereocenters. The molecule has 0 aliphatic heterocycles. The Hall–Kier alpha value is -0.870. The summed E-state index contributed by atoms with van der Waals surface area (Å²) < 4.78 is 36.5. The molecule has 0 aromatic heterocycles. The molecule has 0 N–H and O–H groups in total. The largest absolute Gasteiger partial charge is 0.493 e. The molecule has 1 aromatic rings. The van der Waals surface area contributed by atoms with Crippen LogP contribution in [0.1, 0.15) is 24.2 Å². The van der Waals surface area contributed by atoms with E-state index in [2.05, 4.69) is 0 Å². The van der Waals surface area contributed by atoms with Gasteiger partial charge >= 0.3 is 5.97 Å². The van der Waals surface area contributed by atoms with Crippen molar-refractivity contribution < 1.29 is 22.7 Å². The molecule has 0 spiro atoms. The number of carbonyl (C=O) groups excluding carboxylic acids is 1. The number of nitrogens with zero attached hydrogens (tertiary/aromatic N) is 1. The molecule has 1 aromatic carbocycles. The molecule has 6 nitrogen and oxygen atoms in total. The van der Waals surface area contributed by atoms with Gasteiger partial charge in [0.2, 0.25) is 10.0 Å². The van der Waals surface area contributed by atoms with Gasteiger partial charge in [-0.2, -0.15) is 0 Å². The van der Waals surface area contributed by atoms with E-state index < -0.39 is 16.0 Å². The van der Waals surface area contributed by atoms with Crippen LogP contribution in [0.2, 0.25) is 0 Å². The van der Waals surface area contributed by atoms with Gasteiger partial charge in [-0.25, -0.2) is 17.5 Å². The van der Waals surface area contributed by atoms with Gasteiger partial charge in [0.1, 0.15) is 11.3 Å². The Morgan fingerprint density at radius 2 is 1.86 bits per heavy atom. The highest BCUT2D eigenvalue weighted by atomic mass is 127. The molecule has 0 heterocycles. The van der Waals surface area contributed by atoms with Gasteiger partial charge in [0.25, 0.3) is 0 Å². The predicted molar refractivity (Wildman–Crippen MR) is 87.2 cm³/mol. The Bertz CT molecular complexity index is 628. The molecule has 1 rings (SSSR count). The van der Waals surface area contributed by atoms with Gasteiger partial charge in [-0.05, 0) is 48.6 Å². The fourth-order valence-corrected chi connectivity index (χ4v) is 3.81. The van der Waals surface area contributed by atoms with Crippen molar-refractivity contribution in [1.82, 2.24) is 4.31 Å². The van der Waals surface area contributed by atoms with Crippen LogP contribution in [0, 0.1) is 3.57 Å². The van der Waals surface area contributed by atoms with Gasteiger partial charge in [-0.3, -0.25) is 0 Å². The van der Waals surface area contributed by atoms with Crippen molar-refractivity contribution in [3.63, 3.8) is 0 Å². The summed E-state index contributed by atoms with van der Waals surface area (Å²) >= 11 is 1.91. The molecule has 8 heteroatoms. The summed E-state index contributed by atoms with van der Waals surface area (Å²) in [5.41, 5.74) is 0.111. The maximum Gasteiger partial charge on any atom is 0.341 e. The molecule has 0 aliphatic carbocycles. The number of halogens is 1. The second-order valence-corrected chi connectivity index (χ2v) is 7.50. The zero-order valence-corrected chi connectivity index (χ0v) is 15.3. The third kappa shape index (κ3) is 4.07. The maximum atomic E-state index is 12.3. The SMILES string of the molecule is CCOC(=O)c1cc(S(=O)(=O)N(C)C)c(I)cc1OCC. The molecule has 118 valence electrons. The first-order valence-electron chi connectivity index (χ1n) is 6.31. The van der Waals surface area contributed by atoms with Gasteiger partial charge in [0, 0.05) is 17.7 Å². The number of rotatable bonds is 6. The third-order valence-corrected chi connectivity index (χ3v) is 5.70. The lowest BCUT2D eigenvalue weighted by atomic mass is 10.2. The molecular formula is C13H18INO5S. The Balaban J connectivity index is 3.50. The number of carbonyl (C=O) groups is 1. The second-order valence-electron chi connectivity index (χ2n) is 4.22. The van der Waals surface area contributed by atoms with Crippen LogP contribution < -0.4 is 4.74 Å². The molecular weight excluding hydrogens is 409 g/mol. The van der Waals surface area contributed by atoms with Crippen LogP contribution in [0.5, 0.6) is 5.75 Å². The lowest BCUT2D eigenvalue weighted by molar-refractivity contribution is 0.0521. The van der Waals surface area contributed by atoms with Crippen molar-refractivity contribution in [2.75, 3.05) is 27.3 Å². The summed E-state index contributed by atoms with van der Waals surface area (Å²) in [4.78, 5) is 12.0. The summed E-state index contributed by atoms with van der Waals surface area (Å²) in [5.74, 6) is -0.286. The first-order chi connectivity index (χ1) is 9.75. The average molecular weight is 427 g/mol. The smallest absolute Gasteiger partial charge is 0.341 e. The molecule has 0 bridgehead atoms. The summed E-state index contributed by atoms with van der Waals surface area (Å²) in [6.07, 6.45) is 0. The maximum absolute atomic E-state index is 12.3. The zero-order chi connectivity index (χ0) is 16.2. The molecule has 0 radical (unpaired) electrons. The van der Waals surface area contributed by atoms with Crippen molar-refractivity contribution >= 4 is 38.6 Å². The van der Waals surface area contributed by atoms with Crippen molar-refractivity contribution in [3.8, 4) is 5.75 Å². The van der Waals surface area contributed by atoms with Crippen molar-refractivity contribution in [3.05, 3.63) is 21.3 Å². The Morgan fingerprint density at radius 1 is 1.24 bits per heavy atom. The Morgan fingerprint density at radius 3 is 2.33 bits per heavy atom. The second kappa shape index (κ2) is 7.41. The van der Waals surface area contributed by atoms with E-state index in [-0.39, 0.29) is 17.1 Å². The van der Waals surface area contributed by atoms with E-state index >= 15 is 0 Å². The van der Waals surface area contributed by atoms with E-state index in [0.29, 0.717) is 15.9 Å². The first kappa shape index (κ1) is 18.2. The number of benzene rings is 1. The minimum atomic E-state index is -3.65. The van der Waals surface area contributed by atoms with Crippen LogP contribution in [0.25, 0.3) is 0 Å². The summed E-state index contributed by atoms with van der Waals surface area (Å²) in [6, 6.07) is 2.84. The zero-order valence-electron chi connectivity index (χ0n) is 12.3. The average Bonchev–Trinajstić information content (AvgIpc) is 2.38. The van der Waals surface area contributed by atoms with Gasteiger partial charge in [0.05, 0.1) is 18.1 Å². The fraction of sp³-hybridized carbons (Fsp3) is 0.462. The highest BCUT2D eigenvalue weighted by Gasteiger charge is 2.25. The van der Waals surface area contributed by atoms with Crippen LogP contribution in [0.4, 0.5) is 0 Å². The molecule has 0 atom stereocenters. The van der Waals surface area contributed by atoms with E-state index in [4.69, 9.17) is 9.47 Å². The van der Waals surface area contributed by atoms with Crippen molar-refractivity contribution in [1.29, 1.82) is 0 Å². The van der Waals surface area contributed by atoms with Gasteiger partial charge in [-0.15, -0.1) is 0 Å². The van der Waals surface area contributed by atoms with Crippen molar-refractivity contribution in [2.45, 2.75) is 18.7 Å². The lowest BCUT2D eigenvalue weighted by Crippen LogP contribution is -2.23.